The van der Waals surface area contributed by atoms with Gasteiger partial charge < -0.3 is 25.6 Å². The number of hydrogen-bond acceptors (Lipinski definition) is 8. The number of benzene rings is 1. The van der Waals surface area contributed by atoms with Crippen molar-refractivity contribution < 1.29 is 33.8 Å². The van der Waals surface area contributed by atoms with Gasteiger partial charge in [-0.1, -0.05) is 46.3 Å². The van der Waals surface area contributed by atoms with Gasteiger partial charge in [0.05, 0.1) is 11.9 Å². The number of nitrogens with one attached hydrogen (secondary N) is 1. The van der Waals surface area contributed by atoms with Crippen LogP contribution in [0, 0.1) is 0 Å². The average Bonchev–Trinajstić information content (AvgIpc) is 2.73. The van der Waals surface area contributed by atoms with E-state index in [0.29, 0.717) is 5.56 Å². The predicted octanol–water partition coefficient (Wildman–Crippen LogP) is 0.990. The second-order valence-corrected chi connectivity index (χ2v) is 8.52. The molecule has 0 unspecified atom stereocenters. The summed E-state index contributed by atoms with van der Waals surface area (Å²) in [5.74, 6) is -3.25. The Morgan fingerprint density at radius 2 is 1.77 bits per heavy atom. The van der Waals surface area contributed by atoms with Crippen LogP contribution in [0.1, 0.15) is 39.2 Å². The van der Waals surface area contributed by atoms with Crippen molar-refractivity contribution in [2.45, 2.75) is 57.4 Å². The number of esters is 2. The van der Waals surface area contributed by atoms with Crippen LogP contribution >= 0.6 is 15.9 Å². The highest BCUT2D eigenvalue weighted by atomic mass is 79.9. The zero-order valence-corrected chi connectivity index (χ0v) is 19.4. The minimum absolute atomic E-state index is 0.0232. The Hall–Kier alpha value is -2.30. The summed E-state index contributed by atoms with van der Waals surface area (Å²) in [5.41, 5.74) is 3.23. The molecule has 4 N–H and O–H groups in total. The first-order chi connectivity index (χ1) is 14.4. The van der Waals surface area contributed by atoms with Gasteiger partial charge in [-0.15, -0.1) is 0 Å². The molecular weight excluding hydrogens is 472 g/mol. The van der Waals surface area contributed by atoms with Crippen molar-refractivity contribution in [3.05, 3.63) is 35.9 Å². The van der Waals surface area contributed by atoms with Gasteiger partial charge in [-0.05, 0) is 32.8 Å². The van der Waals surface area contributed by atoms with Gasteiger partial charge in [0.1, 0.15) is 24.0 Å². The van der Waals surface area contributed by atoms with Crippen LogP contribution in [0.4, 0.5) is 0 Å². The summed E-state index contributed by atoms with van der Waals surface area (Å²) in [4.78, 5) is 49.4. The molecule has 10 heteroatoms. The van der Waals surface area contributed by atoms with E-state index >= 15 is 0 Å². The highest BCUT2D eigenvalue weighted by molar-refractivity contribution is 9.09. The maximum Gasteiger partial charge on any atom is 0.338 e. The van der Waals surface area contributed by atoms with Crippen LogP contribution in [0.25, 0.3) is 0 Å². The molecule has 0 aliphatic heterocycles. The van der Waals surface area contributed by atoms with Gasteiger partial charge in [0.15, 0.2) is 0 Å². The summed E-state index contributed by atoms with van der Waals surface area (Å²) in [5, 5.41) is 12.1. The number of hydrogen-bond donors (Lipinski definition) is 3. The van der Waals surface area contributed by atoms with Crippen LogP contribution in [0.15, 0.2) is 30.3 Å². The van der Waals surface area contributed by atoms with Crippen molar-refractivity contribution in [1.82, 2.24) is 5.32 Å². The number of halogens is 1. The van der Waals surface area contributed by atoms with Gasteiger partial charge in [0, 0.05) is 6.42 Å². The second-order valence-electron chi connectivity index (χ2n) is 7.96. The van der Waals surface area contributed by atoms with Crippen LogP contribution in [0.2, 0.25) is 0 Å². The molecular formula is C21H29BrN2O7. The van der Waals surface area contributed by atoms with Crippen molar-refractivity contribution in [2.75, 3.05) is 11.9 Å². The third kappa shape index (κ3) is 8.76. The molecule has 0 aliphatic rings. The van der Waals surface area contributed by atoms with Gasteiger partial charge >= 0.3 is 11.9 Å². The molecule has 0 saturated heterocycles. The van der Waals surface area contributed by atoms with E-state index in [1.807, 2.05) is 0 Å². The van der Waals surface area contributed by atoms with E-state index in [2.05, 4.69) is 21.2 Å². The minimum atomic E-state index is -2.44. The zero-order chi connectivity index (χ0) is 23.7. The standard InChI is InChI=1S/C21H29BrN2O7/c1-20(2,3)31-17(27)16(10-9-15(26)11-22)24-18(28)21(23,13-25)19(29)30-12-14-7-5-4-6-8-14/h4-8,16,25H,9-13,23H2,1-3H3,(H,24,28)/t16-,21-/m0/s1. The molecule has 31 heavy (non-hydrogen) atoms. The molecule has 9 nitrogen and oxygen atoms in total. The molecule has 172 valence electrons. The predicted molar refractivity (Wildman–Crippen MR) is 116 cm³/mol. The Balaban J connectivity index is 2.92. The van der Waals surface area contributed by atoms with Gasteiger partial charge in [0.25, 0.3) is 5.91 Å². The molecule has 0 aliphatic carbocycles. The lowest BCUT2D eigenvalue weighted by Crippen LogP contribution is -2.65. The molecule has 1 aromatic carbocycles. The summed E-state index contributed by atoms with van der Waals surface area (Å²) in [6.07, 6.45) is -0.0871. The number of rotatable bonds is 11. The summed E-state index contributed by atoms with van der Waals surface area (Å²) < 4.78 is 10.4. The normalized spacial score (nSPS) is 14.1. The number of ketones is 1. The summed E-state index contributed by atoms with van der Waals surface area (Å²) >= 11 is 3.03. The molecule has 0 heterocycles. The van der Waals surface area contributed by atoms with Crippen molar-refractivity contribution in [3.8, 4) is 0 Å². The van der Waals surface area contributed by atoms with Gasteiger partial charge in [-0.3, -0.25) is 9.59 Å². The molecule has 0 bridgehead atoms. The Morgan fingerprint density at radius 3 is 2.29 bits per heavy atom. The molecule has 1 aromatic rings. The molecule has 0 spiro atoms. The quantitative estimate of drug-likeness (QED) is 0.231. The van der Waals surface area contributed by atoms with Crippen LogP contribution in [0.3, 0.4) is 0 Å². The number of amides is 1. The third-order valence-corrected chi connectivity index (χ3v) is 4.71. The fourth-order valence-corrected chi connectivity index (χ4v) is 2.64. The summed E-state index contributed by atoms with van der Waals surface area (Å²) in [7, 11) is 0. The number of Topliss-reactive ketones (excluding diaryl/α,β-unsaturated/α-hetero) is 1. The minimum Gasteiger partial charge on any atom is -0.459 e. The average molecular weight is 501 g/mol. The summed E-state index contributed by atoms with van der Waals surface area (Å²) in [6, 6.07) is 7.46. The van der Waals surface area contributed by atoms with E-state index < -0.39 is 41.6 Å². The Labute approximate surface area is 189 Å². The lowest BCUT2D eigenvalue weighted by atomic mass is 9.99. The number of alkyl halides is 1. The number of carbonyl (C=O) groups excluding carboxylic acids is 4. The fourth-order valence-electron chi connectivity index (χ4n) is 2.36. The molecule has 0 fully saturated rings. The number of aliphatic hydroxyl groups is 1. The molecule has 2 atom stereocenters. The highest BCUT2D eigenvalue weighted by Crippen LogP contribution is 2.14. The molecule has 1 amide bonds. The number of nitrogens with two attached hydrogens (primary N) is 1. The molecule has 0 saturated carbocycles. The van der Waals surface area contributed by atoms with Crippen molar-refractivity contribution in [2.24, 2.45) is 5.73 Å². The lowest BCUT2D eigenvalue weighted by molar-refractivity contribution is -0.163. The number of aliphatic hydroxyl groups excluding tert-OH is 1. The monoisotopic (exact) mass is 500 g/mol. The van der Waals surface area contributed by atoms with Crippen molar-refractivity contribution in [1.29, 1.82) is 0 Å². The first-order valence-corrected chi connectivity index (χ1v) is 10.8. The van der Waals surface area contributed by atoms with E-state index in [1.54, 1.807) is 51.1 Å². The van der Waals surface area contributed by atoms with Gasteiger partial charge in [0.2, 0.25) is 5.54 Å². The Bertz CT molecular complexity index is 780. The maximum atomic E-state index is 12.7. The molecule has 0 aromatic heterocycles. The number of carbonyl (C=O) groups is 4. The topological polar surface area (TPSA) is 145 Å². The van der Waals surface area contributed by atoms with E-state index in [0.717, 1.165) is 0 Å². The van der Waals surface area contributed by atoms with Crippen LogP contribution in [0.5, 0.6) is 0 Å². The Morgan fingerprint density at radius 1 is 1.16 bits per heavy atom. The van der Waals surface area contributed by atoms with Crippen LogP contribution < -0.4 is 11.1 Å². The van der Waals surface area contributed by atoms with E-state index in [-0.39, 0.29) is 30.6 Å². The number of ether oxygens (including phenoxy) is 2. The first-order valence-electron chi connectivity index (χ1n) is 9.65. The van der Waals surface area contributed by atoms with Crippen molar-refractivity contribution >= 4 is 39.6 Å². The van der Waals surface area contributed by atoms with E-state index in [4.69, 9.17) is 15.2 Å². The smallest absolute Gasteiger partial charge is 0.338 e. The lowest BCUT2D eigenvalue weighted by Gasteiger charge is -2.28. The van der Waals surface area contributed by atoms with Crippen molar-refractivity contribution in [3.63, 3.8) is 0 Å². The van der Waals surface area contributed by atoms with E-state index in [9.17, 15) is 24.3 Å². The zero-order valence-electron chi connectivity index (χ0n) is 17.9. The second kappa shape index (κ2) is 11.9. The van der Waals surface area contributed by atoms with Crippen LogP contribution in [-0.4, -0.2) is 57.9 Å². The van der Waals surface area contributed by atoms with Crippen LogP contribution in [-0.2, 0) is 35.3 Å². The third-order valence-electron chi connectivity index (χ3n) is 4.09. The highest BCUT2D eigenvalue weighted by Gasteiger charge is 2.45. The SMILES string of the molecule is CC(C)(C)OC(=O)[C@H](CCC(=O)CBr)NC(=O)[C@@](N)(CO)C(=O)OCc1ccccc1. The fraction of sp³-hybridized carbons (Fsp3) is 0.524. The van der Waals surface area contributed by atoms with E-state index in [1.165, 1.54) is 0 Å². The van der Waals surface area contributed by atoms with Gasteiger partial charge in [-0.25, -0.2) is 9.59 Å². The Kier molecular flexibility index (Phi) is 10.3. The molecule has 0 radical (unpaired) electrons. The molecule has 1 rings (SSSR count). The first kappa shape index (κ1) is 26.7. The maximum absolute atomic E-state index is 12.7. The summed E-state index contributed by atoms with van der Waals surface area (Å²) in [6.45, 7) is 3.74. The largest absolute Gasteiger partial charge is 0.459 e. The van der Waals surface area contributed by atoms with Gasteiger partial charge in [-0.2, -0.15) is 0 Å².